The summed E-state index contributed by atoms with van der Waals surface area (Å²) in [7, 11) is -1.63. The van der Waals surface area contributed by atoms with E-state index in [4.69, 9.17) is 0 Å². The number of sulfonamides is 1. The lowest BCUT2D eigenvalue weighted by Gasteiger charge is -2.51. The smallest absolute Gasteiger partial charge is 0.227 e. The molecule has 0 bridgehead atoms. The Hall–Kier alpha value is -3.09. The second-order valence-corrected chi connectivity index (χ2v) is 12.9. The monoisotopic (exact) mass is 557 g/mol. The Morgan fingerprint density at radius 3 is 2.59 bits per heavy atom. The maximum Gasteiger partial charge on any atom is 0.227 e. The molecule has 2 fully saturated rings. The average Bonchev–Trinajstić information content (AvgIpc) is 2.88. The van der Waals surface area contributed by atoms with E-state index < -0.39 is 22.3 Å². The lowest BCUT2D eigenvalue weighted by molar-refractivity contribution is 0.0612. The molecular weight excluding hydrogens is 521 g/mol. The Morgan fingerprint density at radius 1 is 1.15 bits per heavy atom. The van der Waals surface area contributed by atoms with E-state index >= 15 is 0 Å². The number of aliphatic hydroxyl groups is 1. The third-order valence-electron chi connectivity index (χ3n) is 7.95. The van der Waals surface area contributed by atoms with E-state index in [1.165, 1.54) is 16.1 Å². The van der Waals surface area contributed by atoms with Crippen LogP contribution in [-0.2, 0) is 10.0 Å². The molecule has 0 aliphatic carbocycles. The van der Waals surface area contributed by atoms with Crippen LogP contribution in [-0.4, -0.2) is 90.1 Å². The Kier molecular flexibility index (Phi) is 7.38. The Morgan fingerprint density at radius 2 is 1.92 bits per heavy atom. The van der Waals surface area contributed by atoms with Gasteiger partial charge in [0.1, 0.15) is 17.8 Å². The summed E-state index contributed by atoms with van der Waals surface area (Å²) in [6.07, 6.45) is 2.76. The predicted molar refractivity (Wildman–Crippen MR) is 152 cm³/mol. The van der Waals surface area contributed by atoms with Crippen LogP contribution in [0.25, 0.3) is 10.8 Å². The third kappa shape index (κ3) is 5.37. The van der Waals surface area contributed by atoms with Crippen LogP contribution in [0.3, 0.4) is 0 Å². The molecule has 2 aliphatic heterocycles. The van der Waals surface area contributed by atoms with E-state index in [0.717, 1.165) is 16.5 Å². The van der Waals surface area contributed by atoms with Gasteiger partial charge in [-0.1, -0.05) is 19.9 Å². The summed E-state index contributed by atoms with van der Waals surface area (Å²) in [5.41, 5.74) is 2.21. The van der Waals surface area contributed by atoms with E-state index in [9.17, 15) is 17.9 Å². The molecular formula is C27H36FN7O3S. The van der Waals surface area contributed by atoms with Gasteiger partial charge in [0, 0.05) is 49.6 Å². The molecule has 0 unspecified atom stereocenters. The molecule has 10 nitrogen and oxygen atoms in total. The number of nitrogens with one attached hydrogen (secondary N) is 1. The number of anilines is 4. The quantitative estimate of drug-likeness (QED) is 0.452. The fourth-order valence-electron chi connectivity index (χ4n) is 5.42. The zero-order valence-corrected chi connectivity index (χ0v) is 23.7. The van der Waals surface area contributed by atoms with Gasteiger partial charge in [0.05, 0.1) is 24.9 Å². The first-order chi connectivity index (χ1) is 18.4. The summed E-state index contributed by atoms with van der Waals surface area (Å²) >= 11 is 0. The summed E-state index contributed by atoms with van der Waals surface area (Å²) < 4.78 is 39.6. The van der Waals surface area contributed by atoms with Crippen LogP contribution < -0.4 is 15.1 Å². The number of hydrogen-bond acceptors (Lipinski definition) is 9. The van der Waals surface area contributed by atoms with Crippen LogP contribution >= 0.6 is 0 Å². The van der Waals surface area contributed by atoms with Crippen LogP contribution in [0.15, 0.2) is 36.7 Å². The summed E-state index contributed by atoms with van der Waals surface area (Å²) in [6.45, 7) is 7.48. The van der Waals surface area contributed by atoms with Gasteiger partial charge in [0.25, 0.3) is 0 Å². The molecule has 0 saturated carbocycles. The number of aliphatic hydroxyl groups excluding tert-OH is 1. The van der Waals surface area contributed by atoms with Gasteiger partial charge in [-0.15, -0.1) is 0 Å². The van der Waals surface area contributed by atoms with Crippen LogP contribution in [0.4, 0.5) is 27.7 Å². The van der Waals surface area contributed by atoms with Gasteiger partial charge >= 0.3 is 0 Å². The number of benzene rings is 1. The highest BCUT2D eigenvalue weighted by molar-refractivity contribution is 7.88. The third-order valence-corrected chi connectivity index (χ3v) is 9.27. The molecule has 5 rings (SSSR count). The molecule has 0 amide bonds. The van der Waals surface area contributed by atoms with Crippen molar-refractivity contribution in [3.8, 4) is 0 Å². The molecule has 4 atom stereocenters. The van der Waals surface area contributed by atoms with Crippen molar-refractivity contribution < 1.29 is 17.9 Å². The van der Waals surface area contributed by atoms with Crippen molar-refractivity contribution in [1.29, 1.82) is 0 Å². The van der Waals surface area contributed by atoms with Crippen molar-refractivity contribution in [3.05, 3.63) is 42.2 Å². The first kappa shape index (κ1) is 27.5. The summed E-state index contributed by atoms with van der Waals surface area (Å²) in [6, 6.07) is 7.92. The standard InChI is InChI=1S/C27H36FN7O3S/c1-16(2)18-6-7-22(35-15-23(17(35)3)33(4)39(5,37)38)20-13-30-26(12-19(18)20)31-25-8-10-29-27(32-25)34-11-9-24(36)21(28)14-34/h6-8,10,12-13,16-17,21,23-24,36H,9,11,14-15H2,1-5H3,(H,29,30,31,32)/t17-,21-,23+,24+/m1/s1. The molecule has 1 aromatic carbocycles. The number of fused-ring (bicyclic) bond motifs is 1. The van der Waals surface area contributed by atoms with Gasteiger partial charge in [-0.05, 0) is 48.4 Å². The normalized spacial score (nSPS) is 23.9. The number of likely N-dealkylation sites (N-methyl/N-ethyl adjacent to an activating group) is 1. The average molecular weight is 558 g/mol. The highest BCUT2D eigenvalue weighted by Crippen LogP contribution is 2.39. The number of hydrogen-bond donors (Lipinski definition) is 2. The minimum Gasteiger partial charge on any atom is -0.390 e. The molecule has 2 N–H and O–H groups in total. The highest BCUT2D eigenvalue weighted by Gasteiger charge is 2.41. The predicted octanol–water partition coefficient (Wildman–Crippen LogP) is 3.27. The van der Waals surface area contributed by atoms with Gasteiger partial charge in [0.15, 0.2) is 0 Å². The van der Waals surface area contributed by atoms with Crippen LogP contribution in [0.5, 0.6) is 0 Å². The summed E-state index contributed by atoms with van der Waals surface area (Å²) in [5, 5.41) is 15.0. The minimum atomic E-state index is -3.27. The largest absolute Gasteiger partial charge is 0.390 e. The fourth-order valence-corrected chi connectivity index (χ4v) is 6.15. The molecule has 2 aliphatic rings. The number of alkyl halides is 1. The van der Waals surface area contributed by atoms with Crippen molar-refractivity contribution in [2.24, 2.45) is 0 Å². The van der Waals surface area contributed by atoms with Gasteiger partial charge in [-0.3, -0.25) is 0 Å². The van der Waals surface area contributed by atoms with Crippen molar-refractivity contribution >= 4 is 44.1 Å². The lowest BCUT2D eigenvalue weighted by Crippen LogP contribution is -2.65. The molecule has 39 heavy (non-hydrogen) atoms. The van der Waals surface area contributed by atoms with Crippen molar-refractivity contribution in [1.82, 2.24) is 19.3 Å². The molecule has 3 aromatic rings. The van der Waals surface area contributed by atoms with E-state index in [-0.39, 0.29) is 24.5 Å². The van der Waals surface area contributed by atoms with E-state index in [0.29, 0.717) is 37.1 Å². The lowest BCUT2D eigenvalue weighted by atomic mass is 9.92. The summed E-state index contributed by atoms with van der Waals surface area (Å²) in [4.78, 5) is 17.5. The van der Waals surface area contributed by atoms with Gasteiger partial charge in [-0.2, -0.15) is 9.29 Å². The zero-order valence-electron chi connectivity index (χ0n) is 22.9. The van der Waals surface area contributed by atoms with Crippen LogP contribution in [0.2, 0.25) is 0 Å². The van der Waals surface area contributed by atoms with Gasteiger partial charge in [-0.25, -0.2) is 22.8 Å². The SMILES string of the molecule is CC(C)c1ccc(N2C[C@H](N(C)S(C)(=O)=O)[C@H]2C)c2cnc(Nc3ccnc(N4CC[C@H](O)[C@H](F)C4)n3)cc12. The molecule has 0 spiro atoms. The molecule has 0 radical (unpaired) electrons. The molecule has 12 heteroatoms. The van der Waals surface area contributed by atoms with Crippen molar-refractivity contribution in [2.45, 2.75) is 57.5 Å². The first-order valence-electron chi connectivity index (χ1n) is 13.2. The zero-order chi connectivity index (χ0) is 28.1. The van der Waals surface area contributed by atoms with Crippen molar-refractivity contribution in [3.63, 3.8) is 0 Å². The molecule has 2 aromatic heterocycles. The Balaban J connectivity index is 1.42. The number of rotatable bonds is 7. The van der Waals surface area contributed by atoms with E-state index in [1.807, 2.05) is 19.2 Å². The molecule has 210 valence electrons. The topological polar surface area (TPSA) is 115 Å². The minimum absolute atomic E-state index is 0.0230. The van der Waals surface area contributed by atoms with E-state index in [1.54, 1.807) is 24.2 Å². The van der Waals surface area contributed by atoms with E-state index in [2.05, 4.69) is 51.1 Å². The number of halogens is 1. The Labute approximate surface area is 228 Å². The van der Waals surface area contributed by atoms with Gasteiger partial charge < -0.3 is 20.2 Å². The fraction of sp³-hybridized carbons (Fsp3) is 0.519. The van der Waals surface area contributed by atoms with Crippen molar-refractivity contribution in [2.75, 3.05) is 48.1 Å². The molecule has 2 saturated heterocycles. The second-order valence-electron chi connectivity index (χ2n) is 10.9. The number of pyridine rings is 1. The number of aromatic nitrogens is 3. The van der Waals surface area contributed by atoms with Crippen LogP contribution in [0, 0.1) is 0 Å². The maximum atomic E-state index is 14.1. The second kappa shape index (κ2) is 10.5. The first-order valence-corrected chi connectivity index (χ1v) is 15.1. The highest BCUT2D eigenvalue weighted by atomic mass is 32.2. The van der Waals surface area contributed by atoms with Crippen LogP contribution in [0.1, 0.15) is 38.7 Å². The number of piperidine rings is 1. The van der Waals surface area contributed by atoms with Gasteiger partial charge in [0.2, 0.25) is 16.0 Å². The molecule has 4 heterocycles. The summed E-state index contributed by atoms with van der Waals surface area (Å²) in [5.74, 6) is 1.85. The number of nitrogens with zero attached hydrogens (tertiary/aromatic N) is 6. The maximum absolute atomic E-state index is 14.1. The Bertz CT molecular complexity index is 1470.